The Labute approximate surface area is 153 Å². The van der Waals surface area contributed by atoms with Crippen LogP contribution in [-0.4, -0.2) is 30.0 Å². The standard InChI is InChI=1S/C20H23N3O3/c1-26-20(25)14-6-5-9-16(12-14)23-19(24)18-13-17(10-11-21-18)22-15-7-3-2-4-8-15/h5-6,9-13,15H,2-4,7-8H2,1H3,(H,21,22)(H,23,24). The minimum atomic E-state index is -0.446. The minimum Gasteiger partial charge on any atom is -0.465 e. The van der Waals surface area contributed by atoms with E-state index in [2.05, 4.69) is 15.6 Å². The molecule has 1 amide bonds. The molecule has 1 aliphatic carbocycles. The lowest BCUT2D eigenvalue weighted by molar-refractivity contribution is 0.0600. The molecule has 136 valence electrons. The summed E-state index contributed by atoms with van der Waals surface area (Å²) in [5, 5.41) is 6.26. The fourth-order valence-corrected chi connectivity index (χ4v) is 3.16. The van der Waals surface area contributed by atoms with Crippen molar-refractivity contribution in [1.29, 1.82) is 0 Å². The van der Waals surface area contributed by atoms with Gasteiger partial charge in [0.1, 0.15) is 5.69 Å². The number of carbonyl (C=O) groups is 2. The van der Waals surface area contributed by atoms with Crippen molar-refractivity contribution >= 4 is 23.3 Å². The van der Waals surface area contributed by atoms with Crippen molar-refractivity contribution in [2.24, 2.45) is 0 Å². The van der Waals surface area contributed by atoms with Crippen molar-refractivity contribution in [2.75, 3.05) is 17.7 Å². The van der Waals surface area contributed by atoms with E-state index in [0.29, 0.717) is 23.0 Å². The summed E-state index contributed by atoms with van der Waals surface area (Å²) in [6.07, 6.45) is 7.73. The summed E-state index contributed by atoms with van der Waals surface area (Å²) >= 11 is 0. The van der Waals surface area contributed by atoms with Crippen molar-refractivity contribution in [3.05, 3.63) is 53.9 Å². The summed E-state index contributed by atoms with van der Waals surface area (Å²) in [6.45, 7) is 0. The third-order valence-electron chi connectivity index (χ3n) is 4.51. The number of aromatic nitrogens is 1. The highest BCUT2D eigenvalue weighted by atomic mass is 16.5. The molecule has 0 aliphatic heterocycles. The predicted molar refractivity (Wildman–Crippen MR) is 100 cm³/mol. The van der Waals surface area contributed by atoms with Crippen LogP contribution in [0, 0.1) is 0 Å². The van der Waals surface area contributed by atoms with Crippen LogP contribution in [0.25, 0.3) is 0 Å². The number of amides is 1. The smallest absolute Gasteiger partial charge is 0.337 e. The number of methoxy groups -OCH3 is 1. The van der Waals surface area contributed by atoms with Gasteiger partial charge in [-0.15, -0.1) is 0 Å². The highest BCUT2D eigenvalue weighted by Gasteiger charge is 2.15. The highest BCUT2D eigenvalue weighted by molar-refractivity contribution is 6.04. The maximum absolute atomic E-state index is 12.5. The zero-order valence-electron chi connectivity index (χ0n) is 14.8. The maximum atomic E-state index is 12.5. The molecule has 0 spiro atoms. The van der Waals surface area contributed by atoms with E-state index in [1.54, 1.807) is 36.5 Å². The number of benzene rings is 1. The summed E-state index contributed by atoms with van der Waals surface area (Å²) in [4.78, 5) is 28.2. The van der Waals surface area contributed by atoms with Crippen LogP contribution < -0.4 is 10.6 Å². The van der Waals surface area contributed by atoms with Crippen molar-refractivity contribution in [1.82, 2.24) is 4.98 Å². The third kappa shape index (κ3) is 4.59. The summed E-state index contributed by atoms with van der Waals surface area (Å²) in [5.41, 5.74) is 2.13. The van der Waals surface area contributed by atoms with Gasteiger partial charge >= 0.3 is 5.97 Å². The molecule has 0 radical (unpaired) electrons. The van der Waals surface area contributed by atoms with Crippen molar-refractivity contribution in [2.45, 2.75) is 38.1 Å². The zero-order valence-corrected chi connectivity index (χ0v) is 14.8. The molecule has 0 unspecified atom stereocenters. The molecule has 1 aliphatic rings. The number of ether oxygens (including phenoxy) is 1. The van der Waals surface area contributed by atoms with Gasteiger partial charge in [-0.1, -0.05) is 25.3 Å². The highest BCUT2D eigenvalue weighted by Crippen LogP contribution is 2.22. The van der Waals surface area contributed by atoms with Gasteiger partial charge in [0.05, 0.1) is 12.7 Å². The van der Waals surface area contributed by atoms with E-state index in [9.17, 15) is 9.59 Å². The Kier molecular flexibility index (Phi) is 5.84. The van der Waals surface area contributed by atoms with Crippen molar-refractivity contribution in [3.8, 4) is 0 Å². The van der Waals surface area contributed by atoms with E-state index >= 15 is 0 Å². The van der Waals surface area contributed by atoms with Gasteiger partial charge in [-0.05, 0) is 43.2 Å². The number of rotatable bonds is 5. The van der Waals surface area contributed by atoms with Gasteiger partial charge in [0.25, 0.3) is 5.91 Å². The first-order valence-corrected chi connectivity index (χ1v) is 8.88. The van der Waals surface area contributed by atoms with E-state index in [1.807, 2.05) is 6.07 Å². The quantitative estimate of drug-likeness (QED) is 0.798. The third-order valence-corrected chi connectivity index (χ3v) is 4.51. The topological polar surface area (TPSA) is 80.3 Å². The number of esters is 1. The summed E-state index contributed by atoms with van der Waals surface area (Å²) in [6, 6.07) is 10.7. The van der Waals surface area contributed by atoms with E-state index < -0.39 is 5.97 Å². The summed E-state index contributed by atoms with van der Waals surface area (Å²) < 4.78 is 4.70. The lowest BCUT2D eigenvalue weighted by atomic mass is 9.95. The average Bonchev–Trinajstić information content (AvgIpc) is 2.68. The number of anilines is 2. The second-order valence-corrected chi connectivity index (χ2v) is 6.44. The number of pyridine rings is 1. The molecule has 3 rings (SSSR count). The van der Waals surface area contributed by atoms with Crippen LogP contribution in [0.4, 0.5) is 11.4 Å². The lowest BCUT2D eigenvalue weighted by Crippen LogP contribution is -2.22. The summed E-state index contributed by atoms with van der Waals surface area (Å²) in [7, 11) is 1.32. The second kappa shape index (κ2) is 8.47. The van der Waals surface area contributed by atoms with Crippen LogP contribution in [0.2, 0.25) is 0 Å². The fraction of sp³-hybridized carbons (Fsp3) is 0.350. The van der Waals surface area contributed by atoms with Crippen LogP contribution in [0.15, 0.2) is 42.6 Å². The van der Waals surface area contributed by atoms with Crippen LogP contribution in [0.1, 0.15) is 53.0 Å². The molecule has 6 nitrogen and oxygen atoms in total. The number of nitrogens with zero attached hydrogens (tertiary/aromatic N) is 1. The Morgan fingerprint density at radius 3 is 2.65 bits per heavy atom. The van der Waals surface area contributed by atoms with Gasteiger partial charge in [0, 0.05) is 23.6 Å². The molecule has 2 N–H and O–H groups in total. The molecule has 0 bridgehead atoms. The van der Waals surface area contributed by atoms with Crippen LogP contribution >= 0.6 is 0 Å². The Morgan fingerprint density at radius 2 is 1.88 bits per heavy atom. The molecule has 1 aromatic carbocycles. The minimum absolute atomic E-state index is 0.320. The molecule has 1 fully saturated rings. The van der Waals surface area contributed by atoms with E-state index in [4.69, 9.17) is 4.74 Å². The molecule has 1 heterocycles. The molecule has 1 aromatic heterocycles. The van der Waals surface area contributed by atoms with Crippen molar-refractivity contribution < 1.29 is 14.3 Å². The second-order valence-electron chi connectivity index (χ2n) is 6.44. The Balaban J connectivity index is 1.68. The molecule has 1 saturated carbocycles. The number of carbonyl (C=O) groups excluding carboxylic acids is 2. The molecule has 6 heteroatoms. The Bertz CT molecular complexity index is 785. The molecule has 2 aromatic rings. The number of hydrogen-bond donors (Lipinski definition) is 2. The molecular weight excluding hydrogens is 330 g/mol. The largest absolute Gasteiger partial charge is 0.465 e. The SMILES string of the molecule is COC(=O)c1cccc(NC(=O)c2cc(NC3CCCCC3)ccn2)c1. The monoisotopic (exact) mass is 353 g/mol. The Morgan fingerprint density at radius 1 is 1.08 bits per heavy atom. The summed E-state index contributed by atoms with van der Waals surface area (Å²) in [5.74, 6) is -0.766. The molecule has 26 heavy (non-hydrogen) atoms. The van der Waals surface area contributed by atoms with Gasteiger partial charge in [-0.2, -0.15) is 0 Å². The van der Waals surface area contributed by atoms with Crippen molar-refractivity contribution in [3.63, 3.8) is 0 Å². The first kappa shape index (κ1) is 17.9. The lowest BCUT2D eigenvalue weighted by Gasteiger charge is -2.23. The van der Waals surface area contributed by atoms with Crippen LogP contribution in [0.3, 0.4) is 0 Å². The average molecular weight is 353 g/mol. The van der Waals surface area contributed by atoms with Gasteiger partial charge in [-0.3, -0.25) is 9.78 Å². The van der Waals surface area contributed by atoms with Gasteiger partial charge < -0.3 is 15.4 Å². The first-order valence-electron chi connectivity index (χ1n) is 8.88. The fourth-order valence-electron chi connectivity index (χ4n) is 3.16. The normalized spacial score (nSPS) is 14.5. The van der Waals surface area contributed by atoms with Gasteiger partial charge in [0.2, 0.25) is 0 Å². The first-order chi connectivity index (χ1) is 12.7. The Hall–Kier alpha value is -2.89. The van der Waals surface area contributed by atoms with Gasteiger partial charge in [-0.25, -0.2) is 4.79 Å². The maximum Gasteiger partial charge on any atom is 0.337 e. The predicted octanol–water partition coefficient (Wildman–Crippen LogP) is 3.87. The molecule has 0 saturated heterocycles. The zero-order chi connectivity index (χ0) is 18.4. The molecule has 0 atom stereocenters. The van der Waals surface area contributed by atoms with E-state index in [0.717, 1.165) is 18.5 Å². The van der Waals surface area contributed by atoms with Crippen LogP contribution in [-0.2, 0) is 4.74 Å². The van der Waals surface area contributed by atoms with Gasteiger partial charge in [0.15, 0.2) is 0 Å². The number of hydrogen-bond acceptors (Lipinski definition) is 5. The van der Waals surface area contributed by atoms with Crippen LogP contribution in [0.5, 0.6) is 0 Å². The van der Waals surface area contributed by atoms with E-state index in [1.165, 1.54) is 26.4 Å². The van der Waals surface area contributed by atoms with E-state index in [-0.39, 0.29) is 5.91 Å². The number of nitrogens with one attached hydrogen (secondary N) is 2. The molecular formula is C20H23N3O3.